The quantitative estimate of drug-likeness (QED) is 0.643. The molecule has 4 rings (SSSR count). The zero-order chi connectivity index (χ0) is 20.4. The molecule has 8 heteroatoms. The van der Waals surface area contributed by atoms with Gasteiger partial charge < -0.3 is 4.90 Å². The fourth-order valence-electron chi connectivity index (χ4n) is 3.87. The Morgan fingerprint density at radius 2 is 2.10 bits per heavy atom. The Morgan fingerprint density at radius 3 is 2.83 bits per heavy atom. The van der Waals surface area contributed by atoms with Gasteiger partial charge in [-0.2, -0.15) is 5.10 Å². The molecule has 0 aliphatic carbocycles. The third kappa shape index (κ3) is 4.53. The molecule has 0 unspecified atom stereocenters. The molecule has 1 aliphatic rings. The van der Waals surface area contributed by atoms with Crippen molar-refractivity contribution < 1.29 is 4.79 Å². The van der Waals surface area contributed by atoms with Crippen molar-refractivity contribution in [3.63, 3.8) is 0 Å². The van der Waals surface area contributed by atoms with Crippen molar-refractivity contribution in [1.29, 1.82) is 0 Å². The molecule has 0 saturated carbocycles. The number of carbonyl (C=O) groups excluding carboxylic acids is 1. The topological polar surface area (TPSA) is 76.8 Å². The Morgan fingerprint density at radius 1 is 1.24 bits per heavy atom. The average molecular weight is 411 g/mol. The van der Waals surface area contributed by atoms with Crippen LogP contribution in [0.15, 0.2) is 23.6 Å². The number of hydrogen-bond acceptors (Lipinski definition) is 6. The molecule has 152 valence electrons. The Kier molecular flexibility index (Phi) is 5.71. The molecule has 1 fully saturated rings. The van der Waals surface area contributed by atoms with Gasteiger partial charge in [-0.05, 0) is 51.1 Å². The maximum absolute atomic E-state index is 12.8. The lowest BCUT2D eigenvalue weighted by atomic mass is 9.96. The standard InChI is InChI=1S/C21H26N6OS/c1-14-12-18(19-7-5-11-29-19)24-21(22-14)17-6-4-9-26(13-17)20(28)8-10-27-16(3)23-15(2)25-27/h5,7,11-12,17H,4,6,8-10,13H2,1-3H3/t17-/m0/s1. The summed E-state index contributed by atoms with van der Waals surface area (Å²) in [5, 5.41) is 6.41. The number of hydrogen-bond donors (Lipinski definition) is 0. The molecule has 7 nitrogen and oxygen atoms in total. The average Bonchev–Trinajstić information content (AvgIpc) is 3.35. The molecule has 3 aromatic heterocycles. The van der Waals surface area contributed by atoms with E-state index in [2.05, 4.69) is 21.5 Å². The zero-order valence-corrected chi connectivity index (χ0v) is 17.9. The van der Waals surface area contributed by atoms with Crippen molar-refractivity contribution in [3.05, 3.63) is 46.7 Å². The maximum atomic E-state index is 12.8. The number of thiophene rings is 1. The predicted octanol–water partition coefficient (Wildman–Crippen LogP) is 3.52. The molecule has 1 aliphatic heterocycles. The Labute approximate surface area is 174 Å². The number of aryl methyl sites for hydroxylation is 4. The fourth-order valence-corrected chi connectivity index (χ4v) is 4.56. The Balaban J connectivity index is 1.44. The van der Waals surface area contributed by atoms with Crippen LogP contribution in [0.1, 0.15) is 48.3 Å². The van der Waals surface area contributed by atoms with E-state index in [9.17, 15) is 4.79 Å². The van der Waals surface area contributed by atoms with E-state index in [-0.39, 0.29) is 11.8 Å². The summed E-state index contributed by atoms with van der Waals surface area (Å²) in [6.07, 6.45) is 2.42. The zero-order valence-electron chi connectivity index (χ0n) is 17.1. The van der Waals surface area contributed by atoms with Crippen LogP contribution in [0.25, 0.3) is 10.6 Å². The third-order valence-corrected chi connectivity index (χ3v) is 6.18. The van der Waals surface area contributed by atoms with Crippen molar-refractivity contribution in [2.45, 2.75) is 52.5 Å². The lowest BCUT2D eigenvalue weighted by molar-refractivity contribution is -0.132. The van der Waals surface area contributed by atoms with E-state index >= 15 is 0 Å². The van der Waals surface area contributed by atoms with Crippen molar-refractivity contribution in [2.75, 3.05) is 13.1 Å². The first-order chi connectivity index (χ1) is 14.0. The number of nitrogens with zero attached hydrogens (tertiary/aromatic N) is 6. The first kappa shape index (κ1) is 19.7. The van der Waals surface area contributed by atoms with Gasteiger partial charge in [0.25, 0.3) is 0 Å². The highest BCUT2D eigenvalue weighted by Gasteiger charge is 2.27. The Bertz CT molecular complexity index is 997. The van der Waals surface area contributed by atoms with Gasteiger partial charge in [-0.3, -0.25) is 4.79 Å². The molecule has 0 aromatic carbocycles. The summed E-state index contributed by atoms with van der Waals surface area (Å²) in [5.74, 6) is 2.79. The van der Waals surface area contributed by atoms with Crippen molar-refractivity contribution >= 4 is 17.2 Å². The third-order valence-electron chi connectivity index (χ3n) is 5.28. The van der Waals surface area contributed by atoms with Crippen molar-refractivity contribution in [1.82, 2.24) is 29.6 Å². The van der Waals surface area contributed by atoms with Crippen LogP contribution < -0.4 is 0 Å². The minimum Gasteiger partial charge on any atom is -0.342 e. The van der Waals surface area contributed by atoms with Gasteiger partial charge in [-0.1, -0.05) is 6.07 Å². The molecule has 1 saturated heterocycles. The minimum atomic E-state index is 0.161. The summed E-state index contributed by atoms with van der Waals surface area (Å²) in [5.41, 5.74) is 1.95. The normalized spacial score (nSPS) is 16.9. The molecule has 0 N–H and O–H groups in total. The van der Waals surface area contributed by atoms with Gasteiger partial charge >= 0.3 is 0 Å². The van der Waals surface area contributed by atoms with E-state index in [4.69, 9.17) is 9.97 Å². The maximum Gasteiger partial charge on any atom is 0.224 e. The van der Waals surface area contributed by atoms with Gasteiger partial charge in [-0.15, -0.1) is 11.3 Å². The van der Waals surface area contributed by atoms with Crippen LogP contribution in [0.3, 0.4) is 0 Å². The van der Waals surface area contributed by atoms with Crippen LogP contribution in [0.2, 0.25) is 0 Å². The minimum absolute atomic E-state index is 0.161. The molecule has 4 heterocycles. The number of likely N-dealkylation sites (tertiary alicyclic amines) is 1. The molecular weight excluding hydrogens is 384 g/mol. The van der Waals surface area contributed by atoms with Crippen LogP contribution in [0.5, 0.6) is 0 Å². The Hall–Kier alpha value is -2.61. The number of carbonyl (C=O) groups is 1. The van der Waals surface area contributed by atoms with E-state index in [0.29, 0.717) is 19.5 Å². The number of aromatic nitrogens is 5. The second kappa shape index (κ2) is 8.41. The second-order valence-corrected chi connectivity index (χ2v) is 8.54. The van der Waals surface area contributed by atoms with Crippen LogP contribution in [0, 0.1) is 20.8 Å². The monoisotopic (exact) mass is 410 g/mol. The molecule has 29 heavy (non-hydrogen) atoms. The van der Waals surface area contributed by atoms with Gasteiger partial charge in [0, 0.05) is 31.1 Å². The summed E-state index contributed by atoms with van der Waals surface area (Å²) in [6.45, 7) is 7.84. The largest absolute Gasteiger partial charge is 0.342 e. The molecule has 1 amide bonds. The number of amides is 1. The molecular formula is C21H26N6OS. The lowest BCUT2D eigenvalue weighted by Crippen LogP contribution is -2.40. The molecule has 0 bridgehead atoms. The van der Waals surface area contributed by atoms with Crippen molar-refractivity contribution in [3.8, 4) is 10.6 Å². The van der Waals surface area contributed by atoms with Crippen molar-refractivity contribution in [2.24, 2.45) is 0 Å². The summed E-state index contributed by atoms with van der Waals surface area (Å²) in [6, 6.07) is 6.15. The first-order valence-corrected chi connectivity index (χ1v) is 10.9. The summed E-state index contributed by atoms with van der Waals surface area (Å²) < 4.78 is 1.81. The summed E-state index contributed by atoms with van der Waals surface area (Å²) >= 11 is 1.68. The van der Waals surface area contributed by atoms with E-state index in [1.807, 2.05) is 42.5 Å². The molecule has 1 atom stereocenters. The smallest absolute Gasteiger partial charge is 0.224 e. The first-order valence-electron chi connectivity index (χ1n) is 10.0. The van der Waals surface area contributed by atoms with Crippen LogP contribution >= 0.6 is 11.3 Å². The predicted molar refractivity (Wildman–Crippen MR) is 113 cm³/mol. The summed E-state index contributed by atoms with van der Waals surface area (Å²) in [4.78, 5) is 29.8. The van der Waals surface area contributed by atoms with Crippen LogP contribution in [-0.2, 0) is 11.3 Å². The number of rotatable bonds is 5. The second-order valence-electron chi connectivity index (χ2n) is 7.59. The molecule has 0 radical (unpaired) electrons. The van der Waals surface area contributed by atoms with Crippen LogP contribution in [-0.4, -0.2) is 48.6 Å². The van der Waals surface area contributed by atoms with E-state index in [1.165, 1.54) is 0 Å². The number of piperidine rings is 1. The summed E-state index contributed by atoms with van der Waals surface area (Å²) in [7, 11) is 0. The van der Waals surface area contributed by atoms with E-state index in [1.54, 1.807) is 11.3 Å². The van der Waals surface area contributed by atoms with Gasteiger partial charge in [0.05, 0.1) is 17.1 Å². The highest BCUT2D eigenvalue weighted by molar-refractivity contribution is 7.13. The highest BCUT2D eigenvalue weighted by Crippen LogP contribution is 2.29. The highest BCUT2D eigenvalue weighted by atomic mass is 32.1. The van der Waals surface area contributed by atoms with Gasteiger partial charge in [0.15, 0.2) is 0 Å². The van der Waals surface area contributed by atoms with E-state index < -0.39 is 0 Å². The van der Waals surface area contributed by atoms with E-state index in [0.717, 1.165) is 53.1 Å². The van der Waals surface area contributed by atoms with Gasteiger partial charge in [0.2, 0.25) is 5.91 Å². The fraction of sp³-hybridized carbons (Fsp3) is 0.476. The SMILES string of the molecule is Cc1cc(-c2cccs2)nc([C@H]2CCCN(C(=O)CCn3nc(C)nc3C)C2)n1. The van der Waals surface area contributed by atoms with Crippen LogP contribution in [0.4, 0.5) is 0 Å². The van der Waals surface area contributed by atoms with Gasteiger partial charge in [-0.25, -0.2) is 19.6 Å². The molecule has 3 aromatic rings. The molecule has 0 spiro atoms. The van der Waals surface area contributed by atoms with Gasteiger partial charge in [0.1, 0.15) is 17.5 Å². The lowest BCUT2D eigenvalue weighted by Gasteiger charge is -2.32.